The van der Waals surface area contributed by atoms with Crippen LogP contribution in [0.4, 0.5) is 0 Å². The van der Waals surface area contributed by atoms with Gasteiger partial charge in [0.15, 0.2) is 5.75 Å². The van der Waals surface area contributed by atoms with Crippen LogP contribution in [0.2, 0.25) is 0 Å². The van der Waals surface area contributed by atoms with Crippen LogP contribution in [0.5, 0.6) is 5.75 Å². The van der Waals surface area contributed by atoms with E-state index < -0.39 is 0 Å². The van der Waals surface area contributed by atoms with Crippen molar-refractivity contribution >= 4 is 26.8 Å². The van der Waals surface area contributed by atoms with Crippen molar-refractivity contribution in [2.45, 2.75) is 12.6 Å². The second kappa shape index (κ2) is 6.36. The third-order valence-corrected chi connectivity index (χ3v) is 5.45. The Kier molecular flexibility index (Phi) is 4.24. The number of phenolic OH excluding ortho intramolecular Hbond substituents is 1. The number of aromatic nitrogens is 1. The molecule has 0 spiro atoms. The zero-order valence-electron chi connectivity index (χ0n) is 12.9. The third kappa shape index (κ3) is 2.96. The van der Waals surface area contributed by atoms with Crippen LogP contribution in [0.3, 0.4) is 0 Å². The van der Waals surface area contributed by atoms with Crippen molar-refractivity contribution in [3.63, 3.8) is 0 Å². The van der Waals surface area contributed by atoms with Crippen molar-refractivity contribution in [2.24, 2.45) is 0 Å². The highest BCUT2D eigenvalue weighted by Gasteiger charge is 2.29. The van der Waals surface area contributed by atoms with Gasteiger partial charge in [-0.1, -0.05) is 6.07 Å². The quantitative estimate of drug-likeness (QED) is 0.888. The summed E-state index contributed by atoms with van der Waals surface area (Å²) >= 11 is 3.45. The first-order valence-corrected chi connectivity index (χ1v) is 8.81. The van der Waals surface area contributed by atoms with Gasteiger partial charge in [-0.05, 0) is 33.6 Å². The lowest BCUT2D eigenvalue weighted by Gasteiger charge is -2.42. The average molecular weight is 378 g/mol. The first-order valence-electron chi connectivity index (χ1n) is 8.01. The van der Waals surface area contributed by atoms with Gasteiger partial charge in [0.25, 0.3) is 0 Å². The summed E-state index contributed by atoms with van der Waals surface area (Å²) in [5.41, 5.74) is 1.88. The molecule has 1 N–H and O–H groups in total. The summed E-state index contributed by atoms with van der Waals surface area (Å²) in [5, 5.41) is 11.2. The lowest BCUT2D eigenvalue weighted by Crippen LogP contribution is -2.56. The largest absolute Gasteiger partial charge is 0.505 e. The molecule has 0 saturated carbocycles. The van der Waals surface area contributed by atoms with E-state index in [4.69, 9.17) is 4.74 Å². The SMILES string of the molecule is Oc1c(Br)cc(CN2CCN(C3COC3)CC2)c2cccnc12. The van der Waals surface area contributed by atoms with Gasteiger partial charge in [-0.3, -0.25) is 14.8 Å². The fourth-order valence-electron chi connectivity index (χ4n) is 3.36. The number of fused-ring (bicyclic) bond motifs is 1. The third-order valence-electron chi connectivity index (χ3n) is 4.84. The minimum atomic E-state index is 0.221. The van der Waals surface area contributed by atoms with Gasteiger partial charge >= 0.3 is 0 Å². The molecule has 0 amide bonds. The zero-order valence-corrected chi connectivity index (χ0v) is 14.5. The molecule has 5 nitrogen and oxygen atoms in total. The molecule has 0 radical (unpaired) electrons. The number of pyridine rings is 1. The van der Waals surface area contributed by atoms with Gasteiger partial charge in [0.2, 0.25) is 0 Å². The summed E-state index contributed by atoms with van der Waals surface area (Å²) in [4.78, 5) is 9.34. The van der Waals surface area contributed by atoms with Gasteiger partial charge in [-0.2, -0.15) is 0 Å². The van der Waals surface area contributed by atoms with E-state index in [9.17, 15) is 5.11 Å². The fourth-order valence-corrected chi connectivity index (χ4v) is 3.82. The van der Waals surface area contributed by atoms with E-state index in [-0.39, 0.29) is 5.75 Å². The molecule has 0 aliphatic carbocycles. The lowest BCUT2D eigenvalue weighted by molar-refractivity contribution is -0.0773. The summed E-state index contributed by atoms with van der Waals surface area (Å²) in [5.74, 6) is 0.221. The Hall–Kier alpha value is -1.21. The number of phenols is 1. The standard InChI is InChI=1S/C17H20BrN3O2/c18-15-8-12(14-2-1-3-19-16(14)17(15)22)9-20-4-6-21(7-5-20)13-10-23-11-13/h1-3,8,13,22H,4-7,9-11H2. The van der Waals surface area contributed by atoms with Gasteiger partial charge in [-0.15, -0.1) is 0 Å². The van der Waals surface area contributed by atoms with Crippen LogP contribution in [0, 0.1) is 0 Å². The first kappa shape index (κ1) is 15.3. The van der Waals surface area contributed by atoms with Crippen LogP contribution >= 0.6 is 15.9 Å². The smallest absolute Gasteiger partial charge is 0.156 e. The van der Waals surface area contributed by atoms with Crippen molar-refractivity contribution in [2.75, 3.05) is 39.4 Å². The van der Waals surface area contributed by atoms with Gasteiger partial charge < -0.3 is 9.84 Å². The Labute approximate surface area is 144 Å². The van der Waals surface area contributed by atoms with E-state index in [1.165, 1.54) is 5.56 Å². The summed E-state index contributed by atoms with van der Waals surface area (Å²) in [6.45, 7) is 7.00. The highest BCUT2D eigenvalue weighted by molar-refractivity contribution is 9.10. The molecule has 1 aromatic carbocycles. The van der Waals surface area contributed by atoms with E-state index in [0.29, 0.717) is 16.0 Å². The number of benzene rings is 1. The van der Waals surface area contributed by atoms with E-state index >= 15 is 0 Å². The predicted molar refractivity (Wildman–Crippen MR) is 92.6 cm³/mol. The topological polar surface area (TPSA) is 48.8 Å². The minimum absolute atomic E-state index is 0.221. The summed E-state index contributed by atoms with van der Waals surface area (Å²) in [6.07, 6.45) is 1.72. The monoisotopic (exact) mass is 377 g/mol. The maximum atomic E-state index is 10.2. The molecule has 0 atom stereocenters. The number of hydrogen-bond donors (Lipinski definition) is 1. The summed E-state index contributed by atoms with van der Waals surface area (Å²) in [6, 6.07) is 6.61. The number of piperazine rings is 1. The second-order valence-corrected chi connectivity index (χ2v) is 7.12. The molecule has 23 heavy (non-hydrogen) atoms. The number of ether oxygens (including phenoxy) is 1. The Bertz CT molecular complexity index is 712. The molecule has 2 aliphatic heterocycles. The number of hydrogen-bond acceptors (Lipinski definition) is 5. The van der Waals surface area contributed by atoms with Crippen LogP contribution < -0.4 is 0 Å². The maximum absolute atomic E-state index is 10.2. The van der Waals surface area contributed by atoms with Crippen LogP contribution in [0.25, 0.3) is 10.9 Å². The van der Waals surface area contributed by atoms with Crippen molar-refractivity contribution in [1.82, 2.24) is 14.8 Å². The predicted octanol–water partition coefficient (Wildman–Crippen LogP) is 2.22. The van der Waals surface area contributed by atoms with E-state index in [2.05, 4.69) is 30.7 Å². The molecule has 2 fully saturated rings. The highest BCUT2D eigenvalue weighted by atomic mass is 79.9. The van der Waals surface area contributed by atoms with E-state index in [0.717, 1.165) is 51.3 Å². The number of nitrogens with zero attached hydrogens (tertiary/aromatic N) is 3. The Morgan fingerprint density at radius 1 is 1.26 bits per heavy atom. The molecule has 2 saturated heterocycles. The average Bonchev–Trinajstić information content (AvgIpc) is 2.52. The molecule has 2 aliphatic rings. The maximum Gasteiger partial charge on any atom is 0.156 e. The molecular weight excluding hydrogens is 358 g/mol. The Morgan fingerprint density at radius 3 is 2.74 bits per heavy atom. The molecule has 0 bridgehead atoms. The summed E-state index contributed by atoms with van der Waals surface area (Å²) < 4.78 is 6.00. The van der Waals surface area contributed by atoms with Crippen molar-refractivity contribution in [3.8, 4) is 5.75 Å². The van der Waals surface area contributed by atoms with Crippen LogP contribution in [0.1, 0.15) is 5.56 Å². The van der Waals surface area contributed by atoms with Gasteiger partial charge in [0.1, 0.15) is 5.52 Å². The molecule has 2 aromatic rings. The molecule has 6 heteroatoms. The van der Waals surface area contributed by atoms with E-state index in [1.54, 1.807) is 6.20 Å². The molecule has 1 aromatic heterocycles. The number of rotatable bonds is 3. The molecular formula is C17H20BrN3O2. The van der Waals surface area contributed by atoms with Crippen molar-refractivity contribution in [1.29, 1.82) is 0 Å². The fraction of sp³-hybridized carbons (Fsp3) is 0.471. The molecule has 4 rings (SSSR count). The van der Waals surface area contributed by atoms with Crippen molar-refractivity contribution < 1.29 is 9.84 Å². The highest BCUT2D eigenvalue weighted by Crippen LogP contribution is 2.34. The normalized spacial score (nSPS) is 20.7. The minimum Gasteiger partial charge on any atom is -0.505 e. The van der Waals surface area contributed by atoms with Crippen LogP contribution in [-0.4, -0.2) is 65.3 Å². The molecule has 3 heterocycles. The second-order valence-electron chi connectivity index (χ2n) is 6.27. The number of aromatic hydroxyl groups is 1. The van der Waals surface area contributed by atoms with Crippen LogP contribution in [0.15, 0.2) is 28.9 Å². The lowest BCUT2D eigenvalue weighted by atomic mass is 10.1. The Balaban J connectivity index is 1.51. The zero-order chi connectivity index (χ0) is 15.8. The molecule has 122 valence electrons. The van der Waals surface area contributed by atoms with Crippen molar-refractivity contribution in [3.05, 3.63) is 34.4 Å². The van der Waals surface area contributed by atoms with Gasteiger partial charge in [0.05, 0.1) is 23.7 Å². The Morgan fingerprint density at radius 2 is 2.04 bits per heavy atom. The summed E-state index contributed by atoms with van der Waals surface area (Å²) in [7, 11) is 0. The van der Waals surface area contributed by atoms with E-state index in [1.807, 2.05) is 18.2 Å². The van der Waals surface area contributed by atoms with Crippen LogP contribution in [-0.2, 0) is 11.3 Å². The number of halogens is 1. The van der Waals surface area contributed by atoms with Gasteiger partial charge in [-0.25, -0.2) is 0 Å². The van der Waals surface area contributed by atoms with Gasteiger partial charge in [0, 0.05) is 44.3 Å². The first-order chi connectivity index (χ1) is 11.2. The molecule has 0 unspecified atom stereocenters.